The number of nitrogens with two attached hydrogens (primary N) is 1. The van der Waals surface area contributed by atoms with Gasteiger partial charge in [0.2, 0.25) is 0 Å². The number of anilines is 1. The van der Waals surface area contributed by atoms with Crippen molar-refractivity contribution < 1.29 is 9.53 Å². The second kappa shape index (κ2) is 3.55. The maximum Gasteiger partial charge on any atom is 0.146 e. The minimum absolute atomic E-state index is 0.172. The summed E-state index contributed by atoms with van der Waals surface area (Å²) >= 11 is 0. The molecule has 0 saturated heterocycles. The van der Waals surface area contributed by atoms with Gasteiger partial charge in [-0.1, -0.05) is 6.07 Å². The lowest BCUT2D eigenvalue weighted by atomic mass is 10.0. The van der Waals surface area contributed by atoms with Crippen LogP contribution in [0.15, 0.2) is 12.1 Å². The van der Waals surface area contributed by atoms with E-state index in [0.717, 1.165) is 17.4 Å². The van der Waals surface area contributed by atoms with E-state index in [1.807, 2.05) is 18.0 Å². The highest BCUT2D eigenvalue weighted by atomic mass is 16.5. The van der Waals surface area contributed by atoms with Crippen molar-refractivity contribution in [2.45, 2.75) is 12.6 Å². The number of benzene rings is 1. The predicted octanol–water partition coefficient (Wildman–Crippen LogP) is 0.963. The first-order valence-corrected chi connectivity index (χ1v) is 4.79. The number of carbonyl (C=O) groups excluding carboxylic acids is 1. The Morgan fingerprint density at radius 2 is 2.33 bits per heavy atom. The molecule has 4 nitrogen and oxygen atoms in total. The molecular formula is C11H14N2O2. The molecule has 1 unspecified atom stereocenters. The van der Waals surface area contributed by atoms with Crippen LogP contribution in [0.4, 0.5) is 5.69 Å². The monoisotopic (exact) mass is 206 g/mol. The lowest BCUT2D eigenvalue weighted by molar-refractivity contribution is -0.111. The van der Waals surface area contributed by atoms with Gasteiger partial charge in [0.25, 0.3) is 0 Å². The van der Waals surface area contributed by atoms with E-state index < -0.39 is 0 Å². The van der Waals surface area contributed by atoms with E-state index in [-0.39, 0.29) is 6.04 Å². The summed E-state index contributed by atoms with van der Waals surface area (Å²) in [5.41, 5.74) is 8.45. The second-order valence-electron chi connectivity index (χ2n) is 3.75. The third-order valence-electron chi connectivity index (χ3n) is 2.86. The zero-order chi connectivity index (χ0) is 11.0. The number of fused-ring (bicyclic) bond motifs is 1. The van der Waals surface area contributed by atoms with Crippen LogP contribution in [-0.4, -0.2) is 25.3 Å². The molecule has 0 saturated carbocycles. The van der Waals surface area contributed by atoms with Crippen molar-refractivity contribution in [1.82, 2.24) is 4.90 Å². The van der Waals surface area contributed by atoms with Gasteiger partial charge in [0.15, 0.2) is 0 Å². The van der Waals surface area contributed by atoms with Crippen molar-refractivity contribution in [3.63, 3.8) is 0 Å². The number of hydrogen-bond acceptors (Lipinski definition) is 4. The first kappa shape index (κ1) is 9.98. The van der Waals surface area contributed by atoms with Crippen LogP contribution in [0.1, 0.15) is 17.2 Å². The van der Waals surface area contributed by atoms with Crippen molar-refractivity contribution in [1.29, 1.82) is 0 Å². The Labute approximate surface area is 88.6 Å². The Kier molecular flexibility index (Phi) is 2.36. The number of nitrogens with zero attached hydrogens (tertiary/aromatic N) is 1. The number of methoxy groups -OCH3 is 1. The predicted molar refractivity (Wildman–Crippen MR) is 57.7 cm³/mol. The third kappa shape index (κ3) is 1.37. The van der Waals surface area contributed by atoms with Crippen LogP contribution in [0.5, 0.6) is 5.75 Å². The molecule has 0 spiro atoms. The second-order valence-corrected chi connectivity index (χ2v) is 3.75. The Balaban J connectivity index is 2.57. The molecule has 15 heavy (non-hydrogen) atoms. The average molecular weight is 206 g/mol. The molecule has 1 atom stereocenters. The van der Waals surface area contributed by atoms with Gasteiger partial charge < -0.3 is 15.3 Å². The van der Waals surface area contributed by atoms with E-state index in [1.54, 1.807) is 13.2 Å². The molecule has 1 aromatic carbocycles. The molecule has 2 rings (SSSR count). The largest absolute Gasteiger partial charge is 0.494 e. The minimum atomic E-state index is -0.172. The molecular weight excluding hydrogens is 192 g/mol. The molecule has 0 aromatic heterocycles. The van der Waals surface area contributed by atoms with Crippen LogP contribution in [0.2, 0.25) is 0 Å². The van der Waals surface area contributed by atoms with E-state index in [1.165, 1.54) is 0 Å². The van der Waals surface area contributed by atoms with Crippen molar-refractivity contribution in [2.24, 2.45) is 0 Å². The van der Waals surface area contributed by atoms with E-state index >= 15 is 0 Å². The molecule has 0 radical (unpaired) electrons. The number of ether oxygens (including phenoxy) is 1. The summed E-state index contributed by atoms with van der Waals surface area (Å²) in [6, 6.07) is 3.51. The summed E-state index contributed by atoms with van der Waals surface area (Å²) < 4.78 is 5.26. The van der Waals surface area contributed by atoms with Crippen molar-refractivity contribution >= 4 is 12.0 Å². The summed E-state index contributed by atoms with van der Waals surface area (Å²) in [7, 11) is 3.51. The fraction of sp³-hybridized carbons (Fsp3) is 0.364. The molecule has 1 aliphatic rings. The Morgan fingerprint density at radius 1 is 1.60 bits per heavy atom. The molecule has 4 heteroatoms. The van der Waals surface area contributed by atoms with Gasteiger partial charge in [-0.2, -0.15) is 0 Å². The maximum atomic E-state index is 11.0. The molecule has 0 bridgehead atoms. The zero-order valence-electron chi connectivity index (χ0n) is 8.86. The number of rotatable bonds is 2. The summed E-state index contributed by atoms with van der Waals surface area (Å²) in [6.45, 7) is 0.701. The van der Waals surface area contributed by atoms with Crippen LogP contribution >= 0.6 is 0 Å². The highest BCUT2D eigenvalue weighted by Gasteiger charge is 2.30. The van der Waals surface area contributed by atoms with Crippen LogP contribution in [0, 0.1) is 0 Å². The molecule has 0 fully saturated rings. The number of aldehydes is 1. The van der Waals surface area contributed by atoms with Gasteiger partial charge in [-0.3, -0.25) is 4.90 Å². The van der Waals surface area contributed by atoms with Gasteiger partial charge in [-0.25, -0.2) is 0 Å². The maximum absolute atomic E-state index is 11.0. The first-order chi connectivity index (χ1) is 7.19. The Bertz CT molecular complexity index is 404. The number of carbonyl (C=O) groups is 1. The fourth-order valence-corrected chi connectivity index (χ4v) is 2.10. The average Bonchev–Trinajstić information content (AvgIpc) is 2.53. The van der Waals surface area contributed by atoms with Gasteiger partial charge in [0.05, 0.1) is 18.8 Å². The molecule has 80 valence electrons. The van der Waals surface area contributed by atoms with Gasteiger partial charge in [0, 0.05) is 12.1 Å². The van der Waals surface area contributed by atoms with Crippen LogP contribution in [0.25, 0.3) is 0 Å². The highest BCUT2D eigenvalue weighted by molar-refractivity contribution is 5.69. The normalized spacial score (nSPS) is 20.0. The smallest absolute Gasteiger partial charge is 0.146 e. The summed E-state index contributed by atoms with van der Waals surface area (Å²) in [6.07, 6.45) is 0.946. The molecule has 1 aliphatic heterocycles. The minimum Gasteiger partial charge on any atom is -0.494 e. The standard InChI is InChI=1S/C11H14N2O2/c1-13-5-8-7(10(13)6-14)3-4-9(12)11(8)15-2/h3-4,6,10H,5,12H2,1-2H3. The van der Waals surface area contributed by atoms with Gasteiger partial charge >= 0.3 is 0 Å². The molecule has 1 heterocycles. The van der Waals surface area contributed by atoms with Crippen LogP contribution < -0.4 is 10.5 Å². The van der Waals surface area contributed by atoms with Gasteiger partial charge in [-0.05, 0) is 18.7 Å². The SMILES string of the molecule is COc1c(N)ccc2c1CN(C)C2C=O. The van der Waals surface area contributed by atoms with Crippen molar-refractivity contribution in [3.05, 3.63) is 23.3 Å². The lowest BCUT2D eigenvalue weighted by Gasteiger charge is -2.12. The first-order valence-electron chi connectivity index (χ1n) is 4.79. The Morgan fingerprint density at radius 3 is 2.93 bits per heavy atom. The summed E-state index contributed by atoms with van der Waals surface area (Å²) in [5, 5.41) is 0. The van der Waals surface area contributed by atoms with Gasteiger partial charge in [0.1, 0.15) is 12.0 Å². The number of hydrogen-bond donors (Lipinski definition) is 1. The third-order valence-corrected chi connectivity index (χ3v) is 2.86. The topological polar surface area (TPSA) is 55.6 Å². The number of likely N-dealkylation sites (N-methyl/N-ethyl adjacent to an activating group) is 1. The summed E-state index contributed by atoms with van der Waals surface area (Å²) in [5.74, 6) is 0.698. The molecule has 1 aromatic rings. The Hall–Kier alpha value is -1.55. The van der Waals surface area contributed by atoms with Crippen molar-refractivity contribution in [3.8, 4) is 5.75 Å². The van der Waals surface area contributed by atoms with E-state index in [0.29, 0.717) is 18.0 Å². The van der Waals surface area contributed by atoms with Crippen LogP contribution in [0.3, 0.4) is 0 Å². The van der Waals surface area contributed by atoms with E-state index in [2.05, 4.69) is 0 Å². The van der Waals surface area contributed by atoms with E-state index in [4.69, 9.17) is 10.5 Å². The van der Waals surface area contributed by atoms with Crippen LogP contribution in [-0.2, 0) is 11.3 Å². The van der Waals surface area contributed by atoms with E-state index in [9.17, 15) is 4.79 Å². The summed E-state index contributed by atoms with van der Waals surface area (Å²) in [4.78, 5) is 12.9. The number of nitrogen functional groups attached to an aromatic ring is 1. The fourth-order valence-electron chi connectivity index (χ4n) is 2.10. The van der Waals surface area contributed by atoms with Crippen molar-refractivity contribution in [2.75, 3.05) is 19.9 Å². The highest BCUT2D eigenvalue weighted by Crippen LogP contribution is 2.39. The van der Waals surface area contributed by atoms with Gasteiger partial charge in [-0.15, -0.1) is 0 Å². The quantitative estimate of drug-likeness (QED) is 0.578. The molecule has 0 amide bonds. The molecule has 0 aliphatic carbocycles. The lowest BCUT2D eigenvalue weighted by Crippen LogP contribution is -2.17. The molecule has 2 N–H and O–H groups in total. The zero-order valence-corrected chi connectivity index (χ0v) is 8.86.